The zero-order chi connectivity index (χ0) is 14.1. The number of nitrogen functional groups attached to an aromatic ring is 1. The minimum atomic E-state index is 0.558. The summed E-state index contributed by atoms with van der Waals surface area (Å²) < 4.78 is 5.83. The highest BCUT2D eigenvalue weighted by Gasteiger charge is 2.08. The van der Waals surface area contributed by atoms with Crippen LogP contribution in [0.15, 0.2) is 42.7 Å². The van der Waals surface area contributed by atoms with Gasteiger partial charge in [-0.05, 0) is 61.4 Å². The molecule has 4 heteroatoms. The Morgan fingerprint density at radius 3 is 2.40 bits per heavy atom. The van der Waals surface area contributed by atoms with Crippen molar-refractivity contribution in [1.29, 1.82) is 0 Å². The van der Waals surface area contributed by atoms with E-state index >= 15 is 0 Å². The number of fused-ring (bicyclic) bond motifs is 1. The second-order valence-corrected chi connectivity index (χ2v) is 4.80. The number of hydrogen-bond donors (Lipinski definition) is 1. The third-order valence-electron chi connectivity index (χ3n) is 3.31. The molecule has 0 aliphatic heterocycles. The van der Waals surface area contributed by atoms with Crippen LogP contribution in [0, 0.1) is 13.8 Å². The second-order valence-electron chi connectivity index (χ2n) is 4.80. The lowest BCUT2D eigenvalue weighted by molar-refractivity contribution is 0.468. The molecule has 4 nitrogen and oxygen atoms in total. The van der Waals surface area contributed by atoms with Crippen molar-refractivity contribution < 1.29 is 4.74 Å². The van der Waals surface area contributed by atoms with E-state index in [1.165, 1.54) is 17.5 Å². The predicted octanol–water partition coefficient (Wildman–Crippen LogP) is 3.62. The summed E-state index contributed by atoms with van der Waals surface area (Å²) in [7, 11) is 0. The second kappa shape index (κ2) is 4.81. The molecule has 0 bridgehead atoms. The number of aromatic nitrogens is 2. The molecule has 0 amide bonds. The summed E-state index contributed by atoms with van der Waals surface area (Å²) in [4.78, 5) is 8.52. The zero-order valence-electron chi connectivity index (χ0n) is 11.4. The fraction of sp³-hybridized carbons (Fsp3) is 0.125. The lowest BCUT2D eigenvalue weighted by atomic mass is 10.1. The van der Waals surface area contributed by atoms with Crippen LogP contribution in [0.25, 0.3) is 10.9 Å². The van der Waals surface area contributed by atoms with Gasteiger partial charge >= 0.3 is 0 Å². The third-order valence-corrected chi connectivity index (χ3v) is 3.31. The molecule has 2 N–H and O–H groups in total. The molecule has 0 spiro atoms. The van der Waals surface area contributed by atoms with Crippen LogP contribution in [0.2, 0.25) is 0 Å². The summed E-state index contributed by atoms with van der Waals surface area (Å²) in [6, 6.07) is 11.3. The first-order valence-electron chi connectivity index (χ1n) is 6.39. The minimum Gasteiger partial charge on any atom is -0.438 e. The molecule has 0 saturated carbocycles. The van der Waals surface area contributed by atoms with Crippen molar-refractivity contribution >= 4 is 16.6 Å². The standard InChI is InChI=1S/C16H15N3O/c1-10-7-14-15(8-11(10)2)18-9-19-16(14)20-13-5-3-12(17)4-6-13/h3-9H,17H2,1-2H3. The van der Waals surface area contributed by atoms with Crippen molar-refractivity contribution in [2.24, 2.45) is 0 Å². The monoisotopic (exact) mass is 265 g/mol. The summed E-state index contributed by atoms with van der Waals surface area (Å²) in [6.07, 6.45) is 1.52. The topological polar surface area (TPSA) is 61.0 Å². The van der Waals surface area contributed by atoms with E-state index < -0.39 is 0 Å². The van der Waals surface area contributed by atoms with E-state index in [0.29, 0.717) is 17.3 Å². The fourth-order valence-electron chi connectivity index (χ4n) is 2.02. The van der Waals surface area contributed by atoms with Crippen molar-refractivity contribution in [3.8, 4) is 11.6 Å². The van der Waals surface area contributed by atoms with Gasteiger partial charge in [0.1, 0.15) is 12.1 Å². The molecule has 0 fully saturated rings. The van der Waals surface area contributed by atoms with Gasteiger partial charge in [0.15, 0.2) is 0 Å². The highest BCUT2D eigenvalue weighted by Crippen LogP contribution is 2.28. The number of nitrogens with zero attached hydrogens (tertiary/aromatic N) is 2. The third kappa shape index (κ3) is 2.28. The summed E-state index contributed by atoms with van der Waals surface area (Å²) in [6.45, 7) is 4.13. The normalized spacial score (nSPS) is 10.7. The summed E-state index contributed by atoms with van der Waals surface area (Å²) in [5, 5.41) is 0.910. The fourth-order valence-corrected chi connectivity index (χ4v) is 2.02. The summed E-state index contributed by atoms with van der Waals surface area (Å²) >= 11 is 0. The number of ether oxygens (including phenoxy) is 1. The van der Waals surface area contributed by atoms with Gasteiger partial charge in [0.25, 0.3) is 0 Å². The van der Waals surface area contributed by atoms with Gasteiger partial charge in [-0.2, -0.15) is 0 Å². The molecule has 0 atom stereocenters. The first-order valence-corrected chi connectivity index (χ1v) is 6.39. The number of hydrogen-bond acceptors (Lipinski definition) is 4. The Morgan fingerprint density at radius 2 is 1.65 bits per heavy atom. The lowest BCUT2D eigenvalue weighted by Crippen LogP contribution is -1.93. The van der Waals surface area contributed by atoms with Gasteiger partial charge in [-0.25, -0.2) is 9.97 Å². The van der Waals surface area contributed by atoms with Crippen LogP contribution in [0.1, 0.15) is 11.1 Å². The summed E-state index contributed by atoms with van der Waals surface area (Å²) in [5.74, 6) is 1.26. The van der Waals surface area contributed by atoms with Crippen LogP contribution >= 0.6 is 0 Å². The molecule has 0 radical (unpaired) electrons. The first kappa shape index (κ1) is 12.4. The van der Waals surface area contributed by atoms with Gasteiger partial charge in [-0.1, -0.05) is 0 Å². The Balaban J connectivity index is 2.07. The van der Waals surface area contributed by atoms with E-state index in [9.17, 15) is 0 Å². The van der Waals surface area contributed by atoms with Crippen LogP contribution in [0.3, 0.4) is 0 Å². The van der Waals surface area contributed by atoms with Crippen LogP contribution in [-0.2, 0) is 0 Å². The minimum absolute atomic E-state index is 0.558. The van der Waals surface area contributed by atoms with E-state index in [4.69, 9.17) is 10.5 Å². The lowest BCUT2D eigenvalue weighted by Gasteiger charge is -2.09. The molecule has 1 heterocycles. The van der Waals surface area contributed by atoms with E-state index in [1.807, 2.05) is 18.2 Å². The Kier molecular flexibility index (Phi) is 2.99. The number of nitrogens with two attached hydrogens (primary N) is 1. The largest absolute Gasteiger partial charge is 0.438 e. The number of rotatable bonds is 2. The van der Waals surface area contributed by atoms with Crippen LogP contribution in [-0.4, -0.2) is 9.97 Å². The number of aryl methyl sites for hydroxylation is 2. The molecule has 1 aromatic heterocycles. The molecule has 0 saturated heterocycles. The Labute approximate surface area is 117 Å². The average Bonchev–Trinajstić information content (AvgIpc) is 2.43. The van der Waals surface area contributed by atoms with Crippen molar-refractivity contribution in [2.75, 3.05) is 5.73 Å². The Hall–Kier alpha value is -2.62. The number of benzene rings is 2. The summed E-state index contributed by atoms with van der Waals surface area (Å²) in [5.41, 5.74) is 9.65. The van der Waals surface area contributed by atoms with Crippen molar-refractivity contribution in [3.05, 3.63) is 53.9 Å². The van der Waals surface area contributed by atoms with Gasteiger partial charge in [0.2, 0.25) is 5.88 Å². The highest BCUT2D eigenvalue weighted by atomic mass is 16.5. The molecule has 0 aliphatic carbocycles. The predicted molar refractivity (Wildman–Crippen MR) is 79.9 cm³/mol. The van der Waals surface area contributed by atoms with Crippen LogP contribution < -0.4 is 10.5 Å². The maximum absolute atomic E-state index is 5.83. The van der Waals surface area contributed by atoms with Crippen molar-refractivity contribution in [3.63, 3.8) is 0 Å². The van der Waals surface area contributed by atoms with Gasteiger partial charge in [-0.3, -0.25) is 0 Å². The SMILES string of the molecule is Cc1cc2ncnc(Oc3ccc(N)cc3)c2cc1C. The molecule has 0 unspecified atom stereocenters. The van der Waals surface area contributed by atoms with Gasteiger partial charge in [-0.15, -0.1) is 0 Å². The molecule has 0 aliphatic rings. The van der Waals surface area contributed by atoms with Gasteiger partial charge < -0.3 is 10.5 Å². The molecular formula is C16H15N3O. The molecule has 100 valence electrons. The Bertz CT molecular complexity index is 767. The number of anilines is 1. The molecule has 2 aromatic carbocycles. The van der Waals surface area contributed by atoms with Crippen molar-refractivity contribution in [1.82, 2.24) is 9.97 Å². The average molecular weight is 265 g/mol. The van der Waals surface area contributed by atoms with E-state index in [0.717, 1.165) is 10.9 Å². The van der Waals surface area contributed by atoms with E-state index in [1.54, 1.807) is 12.1 Å². The quantitative estimate of drug-likeness (QED) is 0.719. The van der Waals surface area contributed by atoms with Crippen LogP contribution in [0.4, 0.5) is 5.69 Å². The smallest absolute Gasteiger partial charge is 0.230 e. The van der Waals surface area contributed by atoms with Gasteiger partial charge in [0.05, 0.1) is 10.9 Å². The maximum Gasteiger partial charge on any atom is 0.230 e. The van der Waals surface area contributed by atoms with Gasteiger partial charge in [0, 0.05) is 5.69 Å². The Morgan fingerprint density at radius 1 is 0.950 bits per heavy atom. The first-order chi connectivity index (χ1) is 9.63. The molecule has 3 aromatic rings. The van der Waals surface area contributed by atoms with E-state index in [2.05, 4.69) is 29.9 Å². The van der Waals surface area contributed by atoms with Crippen LogP contribution in [0.5, 0.6) is 11.6 Å². The van der Waals surface area contributed by atoms with Crippen molar-refractivity contribution in [2.45, 2.75) is 13.8 Å². The molecular weight excluding hydrogens is 250 g/mol. The van der Waals surface area contributed by atoms with E-state index in [-0.39, 0.29) is 0 Å². The zero-order valence-corrected chi connectivity index (χ0v) is 11.4. The maximum atomic E-state index is 5.83. The molecule has 3 rings (SSSR count). The highest BCUT2D eigenvalue weighted by molar-refractivity contribution is 5.85. The molecule has 20 heavy (non-hydrogen) atoms.